The molecule has 3 aromatic rings. The van der Waals surface area contributed by atoms with Crippen LogP contribution in [-0.4, -0.2) is 28.2 Å². The largest absolute Gasteiger partial charge is 0.417 e. The molecule has 168 valence electrons. The third kappa shape index (κ3) is 4.62. The zero-order valence-corrected chi connectivity index (χ0v) is 18.6. The summed E-state index contributed by atoms with van der Waals surface area (Å²) in [6.45, 7) is 0. The third-order valence-corrected chi connectivity index (χ3v) is 6.48. The van der Waals surface area contributed by atoms with Gasteiger partial charge in [0.15, 0.2) is 11.6 Å². The fourth-order valence-corrected chi connectivity index (χ4v) is 4.43. The third-order valence-electron chi connectivity index (χ3n) is 4.76. The van der Waals surface area contributed by atoms with E-state index in [0.29, 0.717) is 6.20 Å². The first kappa shape index (κ1) is 23.3. The van der Waals surface area contributed by atoms with Crippen molar-refractivity contribution in [1.29, 1.82) is 0 Å². The fraction of sp³-hybridized carbons (Fsp3) is 0.0909. The van der Waals surface area contributed by atoms with E-state index in [1.807, 2.05) is 0 Å². The number of halogens is 5. The van der Waals surface area contributed by atoms with Crippen LogP contribution in [-0.2, 0) is 11.0 Å². The van der Waals surface area contributed by atoms with Gasteiger partial charge in [0, 0.05) is 28.5 Å². The number of carbonyl (C=O) groups is 3. The number of hydrogen-bond acceptors (Lipinski definition) is 5. The topological polar surface area (TPSA) is 76.1 Å². The Bertz CT molecular complexity index is 1330. The van der Waals surface area contributed by atoms with Crippen LogP contribution in [0.15, 0.2) is 53.7 Å². The van der Waals surface area contributed by atoms with Crippen LogP contribution in [0.4, 0.5) is 18.9 Å². The van der Waals surface area contributed by atoms with Crippen LogP contribution in [0.3, 0.4) is 0 Å². The Balaban J connectivity index is 1.51. The molecule has 0 spiro atoms. The summed E-state index contributed by atoms with van der Waals surface area (Å²) in [5, 5.41) is 2.40. The molecule has 1 N–H and O–H groups in total. The van der Waals surface area contributed by atoms with Crippen LogP contribution in [0, 0.1) is 0 Å². The fourth-order valence-electron chi connectivity index (χ4n) is 3.22. The summed E-state index contributed by atoms with van der Waals surface area (Å²) in [7, 11) is 0. The van der Waals surface area contributed by atoms with Crippen molar-refractivity contribution in [3.63, 3.8) is 0 Å². The minimum Gasteiger partial charge on any atom is -0.324 e. The first-order valence-corrected chi connectivity index (χ1v) is 11.0. The highest BCUT2D eigenvalue weighted by molar-refractivity contribution is 8.00. The number of rotatable bonds is 4. The summed E-state index contributed by atoms with van der Waals surface area (Å²) in [4.78, 5) is 41.6. The van der Waals surface area contributed by atoms with Gasteiger partial charge in [-0.1, -0.05) is 59.2 Å². The zero-order chi connectivity index (χ0) is 23.9. The molecule has 0 saturated carbocycles. The number of amides is 1. The van der Waals surface area contributed by atoms with E-state index in [2.05, 4.69) is 10.3 Å². The number of nitrogens with zero attached hydrogens (tertiary/aromatic N) is 1. The second-order valence-electron chi connectivity index (χ2n) is 6.93. The summed E-state index contributed by atoms with van der Waals surface area (Å²) in [6, 6.07) is 9.79. The normalized spacial score (nSPS) is 12.9. The minimum atomic E-state index is -4.58. The predicted molar refractivity (Wildman–Crippen MR) is 118 cm³/mol. The van der Waals surface area contributed by atoms with E-state index in [4.69, 9.17) is 23.2 Å². The Kier molecular flexibility index (Phi) is 6.22. The van der Waals surface area contributed by atoms with Crippen molar-refractivity contribution in [3.8, 4) is 0 Å². The van der Waals surface area contributed by atoms with E-state index < -0.39 is 17.6 Å². The van der Waals surface area contributed by atoms with E-state index in [1.165, 1.54) is 12.1 Å². The average Bonchev–Trinajstić information content (AvgIpc) is 2.77. The number of carbonyl (C=O) groups excluding carboxylic acids is 3. The number of anilines is 1. The highest BCUT2D eigenvalue weighted by Crippen LogP contribution is 2.35. The minimum absolute atomic E-state index is 0.0498. The molecule has 0 saturated heterocycles. The van der Waals surface area contributed by atoms with E-state index >= 15 is 0 Å². The van der Waals surface area contributed by atoms with Gasteiger partial charge in [0.2, 0.25) is 5.91 Å². The lowest BCUT2D eigenvalue weighted by atomic mass is 9.84. The van der Waals surface area contributed by atoms with Gasteiger partial charge in [-0.15, -0.1) is 0 Å². The highest BCUT2D eigenvalue weighted by atomic mass is 35.5. The second kappa shape index (κ2) is 8.81. The maximum absolute atomic E-state index is 12.8. The molecule has 1 heterocycles. The molecule has 1 aliphatic rings. The Labute approximate surface area is 199 Å². The van der Waals surface area contributed by atoms with E-state index in [9.17, 15) is 27.6 Å². The smallest absolute Gasteiger partial charge is 0.324 e. The molecular formula is C22H11Cl2F3N2O3S. The molecule has 2 aromatic carbocycles. The number of thioether (sulfide) groups is 1. The molecule has 1 aliphatic carbocycles. The number of ketones is 2. The quantitative estimate of drug-likeness (QED) is 0.345. The lowest BCUT2D eigenvalue weighted by molar-refractivity contribution is -0.137. The number of benzene rings is 2. The monoisotopic (exact) mass is 510 g/mol. The van der Waals surface area contributed by atoms with Crippen LogP contribution in [0.5, 0.6) is 0 Å². The van der Waals surface area contributed by atoms with Gasteiger partial charge < -0.3 is 5.32 Å². The molecular weight excluding hydrogens is 500 g/mol. The van der Waals surface area contributed by atoms with Gasteiger partial charge in [-0.2, -0.15) is 13.2 Å². The van der Waals surface area contributed by atoms with Gasteiger partial charge in [0.05, 0.1) is 27.0 Å². The maximum atomic E-state index is 12.8. The van der Waals surface area contributed by atoms with Crippen molar-refractivity contribution in [2.75, 3.05) is 11.1 Å². The van der Waals surface area contributed by atoms with Gasteiger partial charge in [0.25, 0.3) is 0 Å². The molecule has 4 rings (SSSR count). The van der Waals surface area contributed by atoms with Gasteiger partial charge >= 0.3 is 6.18 Å². The summed E-state index contributed by atoms with van der Waals surface area (Å²) in [5.41, 5.74) is -0.0976. The van der Waals surface area contributed by atoms with Crippen LogP contribution in [0.2, 0.25) is 10.0 Å². The lowest BCUT2D eigenvalue weighted by Crippen LogP contribution is -2.22. The summed E-state index contributed by atoms with van der Waals surface area (Å²) < 4.78 is 38.2. The van der Waals surface area contributed by atoms with Gasteiger partial charge in [-0.05, 0) is 18.2 Å². The van der Waals surface area contributed by atoms with Crippen molar-refractivity contribution in [2.24, 2.45) is 0 Å². The molecule has 0 bridgehead atoms. The Morgan fingerprint density at radius 3 is 2.12 bits per heavy atom. The van der Waals surface area contributed by atoms with Crippen molar-refractivity contribution in [2.45, 2.75) is 11.2 Å². The Morgan fingerprint density at radius 2 is 1.55 bits per heavy atom. The first-order chi connectivity index (χ1) is 15.6. The predicted octanol–water partition coefficient (Wildman–Crippen LogP) is 5.91. The molecule has 0 atom stereocenters. The van der Waals surface area contributed by atoms with Crippen LogP contribution >= 0.6 is 35.0 Å². The van der Waals surface area contributed by atoms with E-state index in [0.717, 1.165) is 17.8 Å². The molecule has 0 unspecified atom stereocenters. The van der Waals surface area contributed by atoms with Crippen LogP contribution in [0.1, 0.15) is 37.4 Å². The Hall–Kier alpha value is -2.88. The standard InChI is InChI=1S/C22H11Cl2F3N2O3S/c23-15-6-13-14(20(32)12-4-2-1-3-11(12)19(13)31)7-17(15)29-18(30)9-33-21-16(24)5-10(8-28-21)22(25,26)27/h1-8H,9H2,(H,29,30). The molecule has 0 aliphatic heterocycles. The van der Waals surface area contributed by atoms with E-state index in [1.54, 1.807) is 24.3 Å². The van der Waals surface area contributed by atoms with Gasteiger partial charge in [-0.3, -0.25) is 14.4 Å². The van der Waals surface area contributed by atoms with Gasteiger partial charge in [-0.25, -0.2) is 4.98 Å². The van der Waals surface area contributed by atoms with Crippen molar-refractivity contribution in [3.05, 3.63) is 86.5 Å². The van der Waals surface area contributed by atoms with Crippen LogP contribution in [0.25, 0.3) is 0 Å². The van der Waals surface area contributed by atoms with Crippen molar-refractivity contribution < 1.29 is 27.6 Å². The van der Waals surface area contributed by atoms with Crippen LogP contribution < -0.4 is 5.32 Å². The first-order valence-electron chi connectivity index (χ1n) is 9.23. The molecule has 33 heavy (non-hydrogen) atoms. The molecule has 0 fully saturated rings. The summed E-state index contributed by atoms with van der Waals surface area (Å²) in [6.07, 6.45) is -3.95. The SMILES string of the molecule is O=C(CSc1ncc(C(F)(F)F)cc1Cl)Nc1cc2c(cc1Cl)C(=O)c1ccccc1C2=O. The van der Waals surface area contributed by atoms with Crippen molar-refractivity contribution in [1.82, 2.24) is 4.98 Å². The molecule has 1 amide bonds. The zero-order valence-electron chi connectivity index (χ0n) is 16.3. The van der Waals surface area contributed by atoms with Crippen molar-refractivity contribution >= 4 is 58.1 Å². The summed E-state index contributed by atoms with van der Waals surface area (Å²) in [5.74, 6) is -1.52. The van der Waals surface area contributed by atoms with Gasteiger partial charge in [0.1, 0.15) is 5.03 Å². The number of alkyl halides is 3. The Morgan fingerprint density at radius 1 is 0.939 bits per heavy atom. The maximum Gasteiger partial charge on any atom is 0.417 e. The lowest BCUT2D eigenvalue weighted by Gasteiger charge is -2.19. The molecule has 11 heteroatoms. The second-order valence-corrected chi connectivity index (χ2v) is 8.71. The number of fused-ring (bicyclic) bond motifs is 2. The molecule has 5 nitrogen and oxygen atoms in total. The molecule has 1 aromatic heterocycles. The number of hydrogen-bond donors (Lipinski definition) is 1. The number of pyridine rings is 1. The highest BCUT2D eigenvalue weighted by Gasteiger charge is 2.32. The summed E-state index contributed by atoms with van der Waals surface area (Å²) >= 11 is 12.9. The molecule has 0 radical (unpaired) electrons. The van der Waals surface area contributed by atoms with E-state index in [-0.39, 0.29) is 60.3 Å². The number of nitrogens with one attached hydrogen (secondary N) is 1. The average molecular weight is 511 g/mol. The number of aromatic nitrogens is 1.